The number of hydrazone groups is 1. The molecule has 0 radical (unpaired) electrons. The van der Waals surface area contributed by atoms with Crippen LogP contribution in [0.15, 0.2) is 57.8 Å². The smallest absolute Gasteiger partial charge is 0.265 e. The van der Waals surface area contributed by atoms with Gasteiger partial charge in [-0.05, 0) is 36.8 Å². The number of fused-ring (bicyclic) bond motifs is 3. The zero-order chi connectivity index (χ0) is 17.2. The number of rotatable bonds is 4. The van der Waals surface area contributed by atoms with E-state index in [0.29, 0.717) is 5.95 Å². The predicted molar refractivity (Wildman–Crippen MR) is 98.3 cm³/mol. The van der Waals surface area contributed by atoms with Crippen molar-refractivity contribution in [1.82, 2.24) is 19.7 Å². The highest BCUT2D eigenvalue weighted by atomic mass is 16.3. The van der Waals surface area contributed by atoms with Gasteiger partial charge in [0, 0.05) is 12.4 Å². The zero-order valence-electron chi connectivity index (χ0n) is 13.8. The molecule has 0 unspecified atom stereocenters. The Morgan fingerprint density at radius 1 is 1.20 bits per heavy atom. The van der Waals surface area contributed by atoms with Crippen LogP contribution < -0.4 is 5.43 Å². The van der Waals surface area contributed by atoms with E-state index in [2.05, 4.69) is 25.7 Å². The molecule has 1 aromatic carbocycles. The van der Waals surface area contributed by atoms with Crippen LogP contribution in [-0.4, -0.2) is 26.0 Å². The van der Waals surface area contributed by atoms with Crippen LogP contribution in [0.3, 0.4) is 0 Å². The van der Waals surface area contributed by atoms with E-state index in [-0.39, 0.29) is 0 Å². The van der Waals surface area contributed by atoms with Gasteiger partial charge in [-0.15, -0.1) is 10.2 Å². The lowest BCUT2D eigenvalue weighted by Crippen LogP contribution is -2.00. The fraction of sp³-hybridized carbons (Fsp3) is 0.111. The second-order valence-corrected chi connectivity index (χ2v) is 5.66. The molecule has 0 atom stereocenters. The molecule has 0 amide bonds. The first kappa shape index (κ1) is 15.1. The standard InChI is InChI=1S/C18H16N6O/c1-12(10-13-6-5-9-25-13)11-19-22-18-20-17-16(21-23-18)14-7-3-4-8-15(14)24(17)2/h3-11H,1-2H3,(H,20,22,23). The van der Waals surface area contributed by atoms with E-state index in [9.17, 15) is 0 Å². The lowest BCUT2D eigenvalue weighted by Gasteiger charge is -1.99. The SMILES string of the molecule is CC(C=NNc1nnc2c3ccccc3n(C)c2n1)=Cc1ccco1. The molecule has 124 valence electrons. The Bertz CT molecular complexity index is 1090. The molecule has 3 aromatic heterocycles. The Labute approximate surface area is 143 Å². The van der Waals surface area contributed by atoms with Crippen molar-refractivity contribution in [2.75, 3.05) is 5.43 Å². The molecule has 4 rings (SSSR count). The van der Waals surface area contributed by atoms with E-state index < -0.39 is 0 Å². The number of nitrogens with one attached hydrogen (secondary N) is 1. The summed E-state index contributed by atoms with van der Waals surface area (Å²) in [7, 11) is 1.96. The molecule has 0 aliphatic rings. The molecular weight excluding hydrogens is 316 g/mol. The van der Waals surface area contributed by atoms with Crippen LogP contribution in [0.1, 0.15) is 12.7 Å². The largest absolute Gasteiger partial charge is 0.465 e. The van der Waals surface area contributed by atoms with Crippen molar-refractivity contribution in [2.45, 2.75) is 6.92 Å². The summed E-state index contributed by atoms with van der Waals surface area (Å²) < 4.78 is 7.26. The normalized spacial score (nSPS) is 12.5. The Hall–Kier alpha value is -3.48. The minimum Gasteiger partial charge on any atom is -0.465 e. The molecule has 0 saturated heterocycles. The van der Waals surface area contributed by atoms with Crippen LogP contribution in [0.4, 0.5) is 5.95 Å². The van der Waals surface area contributed by atoms with Gasteiger partial charge in [0.2, 0.25) is 0 Å². The van der Waals surface area contributed by atoms with Gasteiger partial charge in [-0.2, -0.15) is 10.1 Å². The Morgan fingerprint density at radius 2 is 2.08 bits per heavy atom. The summed E-state index contributed by atoms with van der Waals surface area (Å²) in [5, 5.41) is 13.6. The third kappa shape index (κ3) is 2.87. The first-order chi connectivity index (χ1) is 12.2. The monoisotopic (exact) mass is 332 g/mol. The molecule has 0 fully saturated rings. The van der Waals surface area contributed by atoms with Gasteiger partial charge in [0.25, 0.3) is 5.95 Å². The van der Waals surface area contributed by atoms with Gasteiger partial charge in [0.1, 0.15) is 11.3 Å². The van der Waals surface area contributed by atoms with Crippen LogP contribution in [-0.2, 0) is 7.05 Å². The summed E-state index contributed by atoms with van der Waals surface area (Å²) in [5.74, 6) is 1.12. The minimum atomic E-state index is 0.348. The van der Waals surface area contributed by atoms with Gasteiger partial charge in [-0.3, -0.25) is 0 Å². The van der Waals surface area contributed by atoms with Crippen molar-refractivity contribution in [2.24, 2.45) is 12.1 Å². The van der Waals surface area contributed by atoms with Gasteiger partial charge in [0.05, 0.1) is 18.0 Å². The first-order valence-corrected chi connectivity index (χ1v) is 7.81. The molecule has 1 N–H and O–H groups in total. The number of aryl methyl sites for hydroxylation is 1. The average Bonchev–Trinajstić information content (AvgIpc) is 3.23. The number of allylic oxidation sites excluding steroid dienone is 1. The van der Waals surface area contributed by atoms with E-state index in [1.807, 2.05) is 61.0 Å². The summed E-state index contributed by atoms with van der Waals surface area (Å²) in [6, 6.07) is 11.7. The topological polar surface area (TPSA) is 81.1 Å². The molecule has 7 heteroatoms. The van der Waals surface area contributed by atoms with E-state index in [1.165, 1.54) is 0 Å². The summed E-state index contributed by atoms with van der Waals surface area (Å²) in [6.07, 6.45) is 5.20. The van der Waals surface area contributed by atoms with Crippen molar-refractivity contribution in [3.63, 3.8) is 0 Å². The Morgan fingerprint density at radius 3 is 2.92 bits per heavy atom. The number of benzene rings is 1. The molecule has 0 saturated carbocycles. The third-order valence-corrected chi connectivity index (χ3v) is 3.85. The van der Waals surface area contributed by atoms with Crippen LogP contribution in [0, 0.1) is 0 Å². The fourth-order valence-corrected chi connectivity index (χ4v) is 2.68. The molecule has 4 aromatic rings. The Balaban J connectivity index is 1.59. The fourth-order valence-electron chi connectivity index (χ4n) is 2.68. The second kappa shape index (κ2) is 6.20. The first-order valence-electron chi connectivity index (χ1n) is 7.81. The van der Waals surface area contributed by atoms with Crippen LogP contribution in [0.5, 0.6) is 0 Å². The van der Waals surface area contributed by atoms with Crippen molar-refractivity contribution in [1.29, 1.82) is 0 Å². The average molecular weight is 332 g/mol. The molecule has 7 nitrogen and oxygen atoms in total. The molecule has 3 heterocycles. The lowest BCUT2D eigenvalue weighted by atomic mass is 10.2. The second-order valence-electron chi connectivity index (χ2n) is 5.66. The number of furan rings is 1. The Kier molecular flexibility index (Phi) is 3.74. The number of anilines is 1. The van der Waals surface area contributed by atoms with Crippen LogP contribution in [0.2, 0.25) is 0 Å². The van der Waals surface area contributed by atoms with Crippen molar-refractivity contribution < 1.29 is 4.42 Å². The number of nitrogens with zero attached hydrogens (tertiary/aromatic N) is 5. The maximum Gasteiger partial charge on any atom is 0.265 e. The number of aromatic nitrogens is 4. The molecular formula is C18H16N6O. The van der Waals surface area contributed by atoms with E-state index >= 15 is 0 Å². The van der Waals surface area contributed by atoms with E-state index in [0.717, 1.165) is 33.4 Å². The number of hydrogen-bond donors (Lipinski definition) is 1. The van der Waals surface area contributed by atoms with Crippen molar-refractivity contribution in [3.05, 3.63) is 54.0 Å². The van der Waals surface area contributed by atoms with Gasteiger partial charge in [0.15, 0.2) is 5.65 Å². The van der Waals surface area contributed by atoms with Gasteiger partial charge < -0.3 is 8.98 Å². The summed E-state index contributed by atoms with van der Waals surface area (Å²) in [6.45, 7) is 1.93. The van der Waals surface area contributed by atoms with E-state index in [1.54, 1.807) is 12.5 Å². The highest BCUT2D eigenvalue weighted by Crippen LogP contribution is 2.24. The van der Waals surface area contributed by atoms with Gasteiger partial charge >= 0.3 is 0 Å². The summed E-state index contributed by atoms with van der Waals surface area (Å²) in [4.78, 5) is 4.51. The molecule has 0 aliphatic carbocycles. The van der Waals surface area contributed by atoms with Crippen LogP contribution in [0.25, 0.3) is 28.1 Å². The quantitative estimate of drug-likeness (QED) is 0.456. The summed E-state index contributed by atoms with van der Waals surface area (Å²) >= 11 is 0. The van der Waals surface area contributed by atoms with Crippen molar-refractivity contribution >= 4 is 40.3 Å². The maximum absolute atomic E-state index is 5.26. The third-order valence-electron chi connectivity index (χ3n) is 3.85. The lowest BCUT2D eigenvalue weighted by molar-refractivity contribution is 0.557. The van der Waals surface area contributed by atoms with Gasteiger partial charge in [-0.25, -0.2) is 5.43 Å². The van der Waals surface area contributed by atoms with E-state index in [4.69, 9.17) is 4.42 Å². The summed E-state index contributed by atoms with van der Waals surface area (Å²) in [5.41, 5.74) is 6.36. The maximum atomic E-state index is 5.26. The highest BCUT2D eigenvalue weighted by molar-refractivity contribution is 6.04. The molecule has 0 aliphatic heterocycles. The molecule has 25 heavy (non-hydrogen) atoms. The van der Waals surface area contributed by atoms with Crippen LogP contribution >= 0.6 is 0 Å². The van der Waals surface area contributed by atoms with Crippen molar-refractivity contribution in [3.8, 4) is 0 Å². The molecule has 0 bridgehead atoms. The number of para-hydroxylation sites is 1. The molecule has 0 spiro atoms. The minimum absolute atomic E-state index is 0.348. The predicted octanol–water partition coefficient (Wildman–Crippen LogP) is 3.61. The number of hydrogen-bond acceptors (Lipinski definition) is 6. The zero-order valence-corrected chi connectivity index (χ0v) is 13.8. The highest BCUT2D eigenvalue weighted by Gasteiger charge is 2.11. The van der Waals surface area contributed by atoms with Gasteiger partial charge in [-0.1, -0.05) is 18.2 Å².